The van der Waals surface area contributed by atoms with Crippen molar-refractivity contribution < 1.29 is 4.74 Å². The quantitative estimate of drug-likeness (QED) is 0.903. The van der Waals surface area contributed by atoms with Gasteiger partial charge in [0.05, 0.1) is 13.2 Å². The van der Waals surface area contributed by atoms with Crippen LogP contribution in [0.2, 0.25) is 0 Å². The molecule has 0 unspecified atom stereocenters. The van der Waals surface area contributed by atoms with Gasteiger partial charge < -0.3 is 15.0 Å². The minimum absolute atomic E-state index is 0.285. The third kappa shape index (κ3) is 2.26. The molecule has 2 fully saturated rings. The third-order valence-electron chi connectivity index (χ3n) is 4.97. The molecule has 1 N–H and O–H groups in total. The van der Waals surface area contributed by atoms with Crippen molar-refractivity contribution in [2.75, 3.05) is 45.7 Å². The molecule has 1 aromatic carbocycles. The maximum absolute atomic E-state index is 5.60. The maximum Gasteiger partial charge on any atom is 0.0588 e. The molecule has 0 atom stereocenters. The Hall–Kier alpha value is -1.06. The van der Waals surface area contributed by atoms with Crippen molar-refractivity contribution in [3.05, 3.63) is 29.8 Å². The lowest BCUT2D eigenvalue weighted by atomic mass is 9.65. The van der Waals surface area contributed by atoms with Crippen LogP contribution < -0.4 is 5.32 Å². The number of benzene rings is 1. The van der Waals surface area contributed by atoms with Gasteiger partial charge in [0.1, 0.15) is 0 Å². The van der Waals surface area contributed by atoms with Gasteiger partial charge in [0.15, 0.2) is 0 Å². The van der Waals surface area contributed by atoms with E-state index in [9.17, 15) is 0 Å². The number of nitrogens with one attached hydrogen (secondary N) is 1. The van der Waals surface area contributed by atoms with E-state index in [1.54, 1.807) is 0 Å². The molecule has 104 valence electrons. The average Bonchev–Trinajstić information content (AvgIpc) is 2.40. The van der Waals surface area contributed by atoms with E-state index in [0.717, 1.165) is 19.1 Å². The lowest BCUT2D eigenvalue weighted by Gasteiger charge is -2.50. The summed E-state index contributed by atoms with van der Waals surface area (Å²) in [4.78, 5) is 2.44. The molecule has 2 saturated heterocycles. The van der Waals surface area contributed by atoms with Crippen LogP contribution >= 0.6 is 0 Å². The molecule has 3 nitrogen and oxygen atoms in total. The number of likely N-dealkylation sites (tertiary alicyclic amines) is 1. The number of hydrogen-bond acceptors (Lipinski definition) is 3. The van der Waals surface area contributed by atoms with E-state index in [4.69, 9.17) is 4.74 Å². The Morgan fingerprint density at radius 3 is 2.26 bits per heavy atom. The number of rotatable bonds is 3. The highest BCUT2D eigenvalue weighted by Crippen LogP contribution is 2.44. The largest absolute Gasteiger partial charge is 0.388 e. The van der Waals surface area contributed by atoms with E-state index in [1.165, 1.54) is 37.2 Å². The van der Waals surface area contributed by atoms with Gasteiger partial charge in [-0.1, -0.05) is 12.1 Å². The first-order valence-electron chi connectivity index (χ1n) is 7.29. The van der Waals surface area contributed by atoms with Crippen molar-refractivity contribution in [1.82, 2.24) is 4.90 Å². The van der Waals surface area contributed by atoms with Crippen LogP contribution in [-0.2, 0) is 10.2 Å². The number of ether oxygens (including phenoxy) is 1. The maximum atomic E-state index is 5.60. The molecule has 3 heteroatoms. The summed E-state index contributed by atoms with van der Waals surface area (Å²) in [5, 5.41) is 3.19. The molecule has 19 heavy (non-hydrogen) atoms. The highest BCUT2D eigenvalue weighted by Gasteiger charge is 2.47. The summed E-state index contributed by atoms with van der Waals surface area (Å²) in [5.41, 5.74) is 2.93. The fraction of sp³-hybridized carbons (Fsp3) is 0.625. The third-order valence-corrected chi connectivity index (χ3v) is 4.97. The number of hydrogen-bond donors (Lipinski definition) is 1. The number of piperidine rings is 1. The van der Waals surface area contributed by atoms with Crippen molar-refractivity contribution in [1.29, 1.82) is 0 Å². The lowest BCUT2D eigenvalue weighted by molar-refractivity contribution is -0.101. The van der Waals surface area contributed by atoms with Gasteiger partial charge in [-0.3, -0.25) is 0 Å². The van der Waals surface area contributed by atoms with Crippen molar-refractivity contribution in [2.24, 2.45) is 5.92 Å². The first-order valence-corrected chi connectivity index (χ1v) is 7.29. The van der Waals surface area contributed by atoms with E-state index < -0.39 is 0 Å². The minimum Gasteiger partial charge on any atom is -0.388 e. The molecular formula is C16H24N2O. The fourth-order valence-corrected chi connectivity index (χ4v) is 3.49. The molecule has 0 bridgehead atoms. The highest BCUT2D eigenvalue weighted by atomic mass is 16.5. The van der Waals surface area contributed by atoms with E-state index in [2.05, 4.69) is 41.5 Å². The van der Waals surface area contributed by atoms with Crippen LogP contribution in [0, 0.1) is 5.92 Å². The zero-order valence-corrected chi connectivity index (χ0v) is 12.0. The van der Waals surface area contributed by atoms with Gasteiger partial charge in [-0.15, -0.1) is 0 Å². The van der Waals surface area contributed by atoms with E-state index in [0.29, 0.717) is 0 Å². The lowest BCUT2D eigenvalue weighted by Crippen LogP contribution is -2.54. The Bertz CT molecular complexity index is 417. The van der Waals surface area contributed by atoms with E-state index in [1.807, 2.05) is 7.05 Å². The molecule has 0 aromatic heterocycles. The SMILES string of the molecule is CNc1ccc(C2(C3CCN(C)CC3)COC2)cc1. The van der Waals surface area contributed by atoms with Crippen molar-refractivity contribution in [3.8, 4) is 0 Å². The summed E-state index contributed by atoms with van der Waals surface area (Å²) >= 11 is 0. The first-order chi connectivity index (χ1) is 9.24. The van der Waals surface area contributed by atoms with E-state index in [-0.39, 0.29) is 5.41 Å². The van der Waals surface area contributed by atoms with Gasteiger partial charge >= 0.3 is 0 Å². The number of anilines is 1. The van der Waals surface area contributed by atoms with E-state index >= 15 is 0 Å². The molecule has 0 saturated carbocycles. The van der Waals surface area contributed by atoms with Crippen LogP contribution in [0.4, 0.5) is 5.69 Å². The van der Waals surface area contributed by atoms with Gasteiger partial charge in [-0.05, 0) is 56.6 Å². The summed E-state index contributed by atoms with van der Waals surface area (Å²) in [6, 6.07) is 8.94. The monoisotopic (exact) mass is 260 g/mol. The summed E-state index contributed by atoms with van der Waals surface area (Å²) in [6.07, 6.45) is 2.60. The summed E-state index contributed by atoms with van der Waals surface area (Å²) in [6.45, 7) is 4.25. The normalized spacial score (nSPS) is 23.9. The zero-order chi connectivity index (χ0) is 13.3. The van der Waals surface area contributed by atoms with Crippen molar-refractivity contribution in [3.63, 3.8) is 0 Å². The molecule has 0 radical (unpaired) electrons. The second kappa shape index (κ2) is 5.14. The fourth-order valence-electron chi connectivity index (χ4n) is 3.49. The summed E-state index contributed by atoms with van der Waals surface area (Å²) in [5.74, 6) is 0.776. The average molecular weight is 260 g/mol. The molecule has 3 rings (SSSR count). The predicted octanol–water partition coefficient (Wildman–Crippen LogP) is 2.34. The Morgan fingerprint density at radius 2 is 1.79 bits per heavy atom. The molecular weight excluding hydrogens is 236 g/mol. The van der Waals surface area contributed by atoms with Crippen LogP contribution in [0.25, 0.3) is 0 Å². The van der Waals surface area contributed by atoms with Crippen LogP contribution in [0.5, 0.6) is 0 Å². The Morgan fingerprint density at radius 1 is 1.16 bits per heavy atom. The summed E-state index contributed by atoms with van der Waals surface area (Å²) in [7, 11) is 4.19. The molecule has 2 heterocycles. The van der Waals surface area contributed by atoms with Gasteiger partial charge in [0.2, 0.25) is 0 Å². The Kier molecular flexibility index (Phi) is 3.50. The molecule has 0 aliphatic carbocycles. The second-order valence-electron chi connectivity index (χ2n) is 6.05. The van der Waals surface area contributed by atoms with Gasteiger partial charge in [0, 0.05) is 18.2 Å². The van der Waals surface area contributed by atoms with Crippen LogP contribution in [0.1, 0.15) is 18.4 Å². The summed E-state index contributed by atoms with van der Waals surface area (Å²) < 4.78 is 5.60. The molecule has 0 spiro atoms. The molecule has 2 aliphatic heterocycles. The highest BCUT2D eigenvalue weighted by molar-refractivity contribution is 5.46. The predicted molar refractivity (Wildman–Crippen MR) is 78.7 cm³/mol. The van der Waals surface area contributed by atoms with Gasteiger partial charge in [-0.2, -0.15) is 0 Å². The smallest absolute Gasteiger partial charge is 0.0588 e. The second-order valence-corrected chi connectivity index (χ2v) is 6.05. The zero-order valence-electron chi connectivity index (χ0n) is 12.0. The first kappa shape index (κ1) is 12.9. The number of nitrogens with zero attached hydrogens (tertiary/aromatic N) is 1. The molecule has 0 amide bonds. The van der Waals surface area contributed by atoms with Gasteiger partial charge in [0.25, 0.3) is 0 Å². The van der Waals surface area contributed by atoms with Crippen LogP contribution in [0.3, 0.4) is 0 Å². The van der Waals surface area contributed by atoms with Crippen molar-refractivity contribution >= 4 is 5.69 Å². The Labute approximate surface area is 115 Å². The topological polar surface area (TPSA) is 24.5 Å². The van der Waals surface area contributed by atoms with Crippen molar-refractivity contribution in [2.45, 2.75) is 18.3 Å². The van der Waals surface area contributed by atoms with Crippen LogP contribution in [0.15, 0.2) is 24.3 Å². The van der Waals surface area contributed by atoms with Gasteiger partial charge in [-0.25, -0.2) is 0 Å². The molecule has 1 aromatic rings. The molecule has 2 aliphatic rings. The Balaban J connectivity index is 1.81. The minimum atomic E-state index is 0.285. The standard InChI is InChI=1S/C16H24N2O/c1-17-15-5-3-13(4-6-15)16(11-19-12-16)14-7-9-18(2)10-8-14/h3-6,14,17H,7-12H2,1-2H3. The van der Waals surface area contributed by atoms with Crippen LogP contribution in [-0.4, -0.2) is 45.3 Å².